The lowest BCUT2D eigenvalue weighted by Gasteiger charge is -2.07. The molecule has 1 rings (SSSR count). The lowest BCUT2D eigenvalue weighted by atomic mass is 10.4. The number of hydrogen-bond donors (Lipinski definition) is 0. The van der Waals surface area contributed by atoms with Crippen LogP contribution in [0, 0.1) is 11.8 Å². The fraction of sp³-hybridized carbons (Fsp3) is 0.750. The summed E-state index contributed by atoms with van der Waals surface area (Å²) in [6.45, 7) is 5.40. The second kappa shape index (κ2) is 3.53. The molecule has 0 aromatic carbocycles. The molecular formula is C8H13N. The maximum absolute atomic E-state index is 3.07. The summed E-state index contributed by atoms with van der Waals surface area (Å²) < 4.78 is 0. The van der Waals surface area contributed by atoms with E-state index in [-0.39, 0.29) is 0 Å². The second-order valence-corrected chi connectivity index (χ2v) is 2.41. The first-order valence-corrected chi connectivity index (χ1v) is 3.55. The van der Waals surface area contributed by atoms with Crippen molar-refractivity contribution in [2.24, 2.45) is 0 Å². The third-order valence-electron chi connectivity index (χ3n) is 1.68. The van der Waals surface area contributed by atoms with Gasteiger partial charge in [0.05, 0.1) is 6.54 Å². The average molecular weight is 123 g/mol. The van der Waals surface area contributed by atoms with Crippen molar-refractivity contribution < 1.29 is 0 Å². The van der Waals surface area contributed by atoms with Crippen molar-refractivity contribution in [2.45, 2.75) is 19.8 Å². The van der Waals surface area contributed by atoms with Crippen LogP contribution in [0.25, 0.3) is 0 Å². The molecule has 1 aliphatic heterocycles. The highest BCUT2D eigenvalue weighted by Gasteiger charge is 2.08. The Labute approximate surface area is 57.0 Å². The average Bonchev–Trinajstić information content (AvgIpc) is 2.34. The van der Waals surface area contributed by atoms with E-state index in [0.717, 1.165) is 6.54 Å². The van der Waals surface area contributed by atoms with Gasteiger partial charge in [-0.3, -0.25) is 4.90 Å². The molecule has 0 aliphatic carbocycles. The van der Waals surface area contributed by atoms with E-state index in [4.69, 9.17) is 0 Å². The van der Waals surface area contributed by atoms with E-state index in [1.807, 2.05) is 6.92 Å². The Morgan fingerprint density at radius 3 is 2.56 bits per heavy atom. The Morgan fingerprint density at radius 2 is 2.00 bits per heavy atom. The molecular weight excluding hydrogens is 110 g/mol. The van der Waals surface area contributed by atoms with Crippen LogP contribution in [0.1, 0.15) is 19.8 Å². The summed E-state index contributed by atoms with van der Waals surface area (Å²) >= 11 is 0. The third kappa shape index (κ3) is 2.07. The van der Waals surface area contributed by atoms with Crippen molar-refractivity contribution in [3.63, 3.8) is 0 Å². The molecule has 1 aliphatic rings. The minimum absolute atomic E-state index is 0.983. The minimum Gasteiger partial charge on any atom is -0.292 e. The smallest absolute Gasteiger partial charge is 0.0601 e. The van der Waals surface area contributed by atoms with Crippen molar-refractivity contribution in [2.75, 3.05) is 19.6 Å². The molecule has 0 unspecified atom stereocenters. The van der Waals surface area contributed by atoms with Crippen molar-refractivity contribution in [1.29, 1.82) is 0 Å². The first kappa shape index (κ1) is 6.64. The van der Waals surface area contributed by atoms with Crippen LogP contribution in [0.4, 0.5) is 0 Å². The molecule has 50 valence electrons. The predicted molar refractivity (Wildman–Crippen MR) is 39.1 cm³/mol. The highest BCUT2D eigenvalue weighted by molar-refractivity contribution is 4.98. The summed E-state index contributed by atoms with van der Waals surface area (Å²) in [4.78, 5) is 2.40. The Balaban J connectivity index is 2.16. The molecule has 0 N–H and O–H groups in total. The van der Waals surface area contributed by atoms with Gasteiger partial charge in [-0.1, -0.05) is 5.92 Å². The largest absolute Gasteiger partial charge is 0.292 e. The molecule has 0 saturated carbocycles. The standard InChI is InChI=1S/C8H13N/c1-2-3-6-9-7-4-5-8-9/h4-8H2,1H3. The summed E-state index contributed by atoms with van der Waals surface area (Å²) in [7, 11) is 0. The van der Waals surface area contributed by atoms with E-state index in [0.29, 0.717) is 0 Å². The lowest BCUT2D eigenvalue weighted by molar-refractivity contribution is 0.383. The normalized spacial score (nSPS) is 19.2. The van der Waals surface area contributed by atoms with Crippen LogP contribution < -0.4 is 0 Å². The zero-order valence-corrected chi connectivity index (χ0v) is 5.98. The van der Waals surface area contributed by atoms with Crippen LogP contribution in [-0.4, -0.2) is 24.5 Å². The van der Waals surface area contributed by atoms with E-state index in [9.17, 15) is 0 Å². The van der Waals surface area contributed by atoms with Crippen LogP contribution in [-0.2, 0) is 0 Å². The number of hydrogen-bond acceptors (Lipinski definition) is 1. The van der Waals surface area contributed by atoms with Gasteiger partial charge in [0.25, 0.3) is 0 Å². The van der Waals surface area contributed by atoms with Gasteiger partial charge >= 0.3 is 0 Å². The van der Waals surface area contributed by atoms with Gasteiger partial charge < -0.3 is 0 Å². The predicted octanol–water partition coefficient (Wildman–Crippen LogP) is 1.11. The molecule has 9 heavy (non-hydrogen) atoms. The maximum atomic E-state index is 3.07. The molecule has 1 heterocycles. The number of nitrogens with zero attached hydrogens (tertiary/aromatic N) is 1. The zero-order valence-electron chi connectivity index (χ0n) is 5.98. The fourth-order valence-electron chi connectivity index (χ4n) is 1.13. The van der Waals surface area contributed by atoms with E-state index in [1.165, 1.54) is 25.9 Å². The van der Waals surface area contributed by atoms with Gasteiger partial charge in [0.1, 0.15) is 0 Å². The number of rotatable bonds is 1. The van der Waals surface area contributed by atoms with E-state index < -0.39 is 0 Å². The zero-order chi connectivity index (χ0) is 6.53. The SMILES string of the molecule is CC#CCN1CCCC1. The Bertz CT molecular complexity index is 123. The van der Waals surface area contributed by atoms with Gasteiger partial charge in [0.2, 0.25) is 0 Å². The van der Waals surface area contributed by atoms with E-state index in [1.54, 1.807) is 0 Å². The van der Waals surface area contributed by atoms with Gasteiger partial charge in [-0.05, 0) is 32.9 Å². The van der Waals surface area contributed by atoms with Gasteiger partial charge in [-0.25, -0.2) is 0 Å². The monoisotopic (exact) mass is 123 g/mol. The Kier molecular flexibility index (Phi) is 2.60. The molecule has 0 spiro atoms. The van der Waals surface area contributed by atoms with Crippen molar-refractivity contribution >= 4 is 0 Å². The molecule has 1 saturated heterocycles. The molecule has 0 aromatic heterocycles. The fourth-order valence-corrected chi connectivity index (χ4v) is 1.13. The molecule has 0 radical (unpaired) electrons. The first-order chi connectivity index (χ1) is 4.43. The van der Waals surface area contributed by atoms with Crippen LogP contribution in [0.3, 0.4) is 0 Å². The Morgan fingerprint density at radius 1 is 1.33 bits per heavy atom. The quantitative estimate of drug-likeness (QED) is 0.472. The molecule has 0 bridgehead atoms. The van der Waals surface area contributed by atoms with Crippen LogP contribution in [0.5, 0.6) is 0 Å². The summed E-state index contributed by atoms with van der Waals surface area (Å²) in [6.07, 6.45) is 2.73. The van der Waals surface area contributed by atoms with Crippen LogP contribution in [0.2, 0.25) is 0 Å². The second-order valence-electron chi connectivity index (χ2n) is 2.41. The van der Waals surface area contributed by atoms with Gasteiger partial charge in [0.15, 0.2) is 0 Å². The molecule has 0 atom stereocenters. The van der Waals surface area contributed by atoms with Gasteiger partial charge in [-0.2, -0.15) is 0 Å². The highest BCUT2D eigenvalue weighted by atomic mass is 15.1. The summed E-state index contributed by atoms with van der Waals surface area (Å²) in [6, 6.07) is 0. The lowest BCUT2D eigenvalue weighted by Crippen LogP contribution is -2.18. The van der Waals surface area contributed by atoms with E-state index in [2.05, 4.69) is 16.7 Å². The van der Waals surface area contributed by atoms with Gasteiger partial charge in [-0.15, -0.1) is 5.92 Å². The van der Waals surface area contributed by atoms with Gasteiger partial charge in [0, 0.05) is 0 Å². The molecule has 1 nitrogen and oxygen atoms in total. The van der Waals surface area contributed by atoms with Crippen LogP contribution >= 0.6 is 0 Å². The first-order valence-electron chi connectivity index (χ1n) is 3.55. The molecule has 0 amide bonds. The highest BCUT2D eigenvalue weighted by Crippen LogP contribution is 2.04. The van der Waals surface area contributed by atoms with Crippen molar-refractivity contribution in [3.05, 3.63) is 0 Å². The number of likely N-dealkylation sites (tertiary alicyclic amines) is 1. The summed E-state index contributed by atoms with van der Waals surface area (Å²) in [5.74, 6) is 5.97. The summed E-state index contributed by atoms with van der Waals surface area (Å²) in [5, 5.41) is 0. The minimum atomic E-state index is 0.983. The molecule has 0 aromatic rings. The molecule has 1 heteroatoms. The third-order valence-corrected chi connectivity index (χ3v) is 1.68. The van der Waals surface area contributed by atoms with Crippen molar-refractivity contribution in [1.82, 2.24) is 4.90 Å². The Hall–Kier alpha value is -0.480. The summed E-state index contributed by atoms with van der Waals surface area (Å²) in [5.41, 5.74) is 0. The molecule has 1 fully saturated rings. The maximum Gasteiger partial charge on any atom is 0.0601 e. The van der Waals surface area contributed by atoms with Crippen molar-refractivity contribution in [3.8, 4) is 11.8 Å². The topological polar surface area (TPSA) is 3.24 Å². The van der Waals surface area contributed by atoms with E-state index >= 15 is 0 Å². The van der Waals surface area contributed by atoms with Crippen LogP contribution in [0.15, 0.2) is 0 Å².